The third kappa shape index (κ3) is 2.36. The second kappa shape index (κ2) is 3.62. The van der Waals surface area contributed by atoms with E-state index in [1.807, 2.05) is 0 Å². The Balaban J connectivity index is 2.06. The van der Waals surface area contributed by atoms with Crippen LogP contribution < -0.4 is 0 Å². The lowest BCUT2D eigenvalue weighted by Crippen LogP contribution is -2.37. The monoisotopic (exact) mass is 254 g/mol. The summed E-state index contributed by atoms with van der Waals surface area (Å²) in [5.41, 5.74) is 0. The van der Waals surface area contributed by atoms with Gasteiger partial charge in [0.25, 0.3) is 10.1 Å². The van der Waals surface area contributed by atoms with Crippen LogP contribution in [0.5, 0.6) is 0 Å². The molecule has 0 aromatic rings. The second-order valence-corrected chi connectivity index (χ2v) is 5.88. The minimum atomic E-state index is -4.20. The Hall–Kier alpha value is -0.250. The van der Waals surface area contributed by atoms with Crippen molar-refractivity contribution in [2.75, 3.05) is 5.75 Å². The summed E-state index contributed by atoms with van der Waals surface area (Å²) in [5.74, 6) is -1.53. The van der Waals surface area contributed by atoms with Gasteiger partial charge in [0, 0.05) is 0 Å². The summed E-state index contributed by atoms with van der Waals surface area (Å²) < 4.78 is 45.8. The van der Waals surface area contributed by atoms with Gasteiger partial charge in [0.1, 0.15) is 24.1 Å². The molecule has 2 heterocycles. The van der Waals surface area contributed by atoms with Gasteiger partial charge in [0.2, 0.25) is 0 Å². The molecule has 0 radical (unpaired) electrons. The highest BCUT2D eigenvalue weighted by atomic mass is 32.2. The molecule has 2 fully saturated rings. The van der Waals surface area contributed by atoms with Crippen LogP contribution in [0.4, 0.5) is 0 Å². The van der Waals surface area contributed by atoms with E-state index in [9.17, 15) is 13.5 Å². The predicted octanol–water partition coefficient (Wildman–Crippen LogP) is -0.888. The fraction of sp³-hybridized carbons (Fsp3) is 1.00. The Morgan fingerprint density at radius 2 is 1.94 bits per heavy atom. The highest BCUT2D eigenvalue weighted by Gasteiger charge is 2.54. The largest absolute Gasteiger partial charge is 0.387 e. The van der Waals surface area contributed by atoms with Crippen molar-refractivity contribution in [3.05, 3.63) is 0 Å². The smallest absolute Gasteiger partial charge is 0.267 e. The van der Waals surface area contributed by atoms with Crippen molar-refractivity contribution in [1.29, 1.82) is 0 Å². The zero-order chi connectivity index (χ0) is 12.1. The van der Waals surface area contributed by atoms with E-state index in [-0.39, 0.29) is 0 Å². The minimum Gasteiger partial charge on any atom is -0.387 e. The average molecular weight is 254 g/mol. The number of aliphatic hydroxyl groups excluding tert-OH is 1. The first-order chi connectivity index (χ1) is 7.18. The molecule has 4 atom stereocenters. The quantitative estimate of drug-likeness (QED) is 0.616. The Morgan fingerprint density at radius 1 is 1.31 bits per heavy atom. The standard InChI is InChI=1S/C8H14O7S/c1-8(2)14-6-5(9)4(3-16(10,11)12)13-7(6)15-8/h4-7,9H,3H2,1-2H3,(H,10,11,12). The molecule has 0 aromatic carbocycles. The lowest BCUT2D eigenvalue weighted by atomic mass is 10.1. The number of aliphatic hydroxyl groups is 1. The molecule has 2 saturated heterocycles. The minimum absolute atomic E-state index is 0.672. The molecule has 0 aromatic heterocycles. The summed E-state index contributed by atoms with van der Waals surface area (Å²) in [7, 11) is -4.20. The fourth-order valence-electron chi connectivity index (χ4n) is 1.90. The lowest BCUT2D eigenvalue weighted by Gasteiger charge is -2.22. The molecule has 2 aliphatic rings. The van der Waals surface area contributed by atoms with Crippen molar-refractivity contribution in [2.45, 2.75) is 44.2 Å². The molecule has 0 spiro atoms. The maximum atomic E-state index is 10.7. The van der Waals surface area contributed by atoms with E-state index in [1.165, 1.54) is 0 Å². The van der Waals surface area contributed by atoms with E-state index in [4.69, 9.17) is 18.8 Å². The molecule has 2 rings (SSSR count). The van der Waals surface area contributed by atoms with E-state index in [0.717, 1.165) is 0 Å². The van der Waals surface area contributed by atoms with E-state index >= 15 is 0 Å². The first-order valence-corrected chi connectivity index (χ1v) is 6.43. The summed E-state index contributed by atoms with van der Waals surface area (Å²) in [6, 6.07) is 0. The van der Waals surface area contributed by atoms with Gasteiger partial charge in [-0.3, -0.25) is 4.55 Å². The van der Waals surface area contributed by atoms with E-state index in [1.54, 1.807) is 13.8 Å². The number of rotatable bonds is 2. The van der Waals surface area contributed by atoms with Gasteiger partial charge in [-0.2, -0.15) is 8.42 Å². The van der Waals surface area contributed by atoms with Crippen LogP contribution in [0.15, 0.2) is 0 Å². The van der Waals surface area contributed by atoms with Crippen LogP contribution in [0.25, 0.3) is 0 Å². The van der Waals surface area contributed by atoms with Crippen molar-refractivity contribution in [3.63, 3.8) is 0 Å². The van der Waals surface area contributed by atoms with Crippen LogP contribution in [0.1, 0.15) is 13.8 Å². The van der Waals surface area contributed by atoms with Crippen molar-refractivity contribution in [2.24, 2.45) is 0 Å². The molecule has 7 nitrogen and oxygen atoms in total. The van der Waals surface area contributed by atoms with Crippen molar-refractivity contribution in [3.8, 4) is 0 Å². The van der Waals surface area contributed by atoms with Crippen LogP contribution in [-0.2, 0) is 24.3 Å². The van der Waals surface area contributed by atoms with Crippen LogP contribution in [0.3, 0.4) is 0 Å². The Morgan fingerprint density at radius 3 is 2.44 bits per heavy atom. The Bertz CT molecular complexity index is 376. The third-order valence-electron chi connectivity index (χ3n) is 2.49. The predicted molar refractivity (Wildman–Crippen MR) is 51.1 cm³/mol. The molecule has 0 amide bonds. The normalized spacial score (nSPS) is 42.2. The summed E-state index contributed by atoms with van der Waals surface area (Å²) >= 11 is 0. The Labute approximate surface area is 93.0 Å². The highest BCUT2D eigenvalue weighted by Crippen LogP contribution is 2.37. The van der Waals surface area contributed by atoms with Crippen LogP contribution in [0, 0.1) is 0 Å². The number of fused-ring (bicyclic) bond motifs is 1. The van der Waals surface area contributed by atoms with Gasteiger partial charge in [-0.05, 0) is 13.8 Å². The molecule has 2 N–H and O–H groups in total. The van der Waals surface area contributed by atoms with Crippen LogP contribution >= 0.6 is 0 Å². The molecule has 2 aliphatic heterocycles. The molecule has 4 unspecified atom stereocenters. The van der Waals surface area contributed by atoms with E-state index in [2.05, 4.69) is 0 Å². The molecule has 94 valence electrons. The second-order valence-electron chi connectivity index (χ2n) is 4.38. The Kier molecular flexibility index (Phi) is 2.76. The zero-order valence-corrected chi connectivity index (χ0v) is 9.68. The fourth-order valence-corrected chi connectivity index (χ4v) is 2.59. The van der Waals surface area contributed by atoms with E-state index in [0.29, 0.717) is 0 Å². The lowest BCUT2D eigenvalue weighted by molar-refractivity contribution is -0.212. The SMILES string of the molecule is CC1(C)OC2OC(CS(=O)(=O)O)C(O)C2O1. The zero-order valence-electron chi connectivity index (χ0n) is 8.86. The van der Waals surface area contributed by atoms with Gasteiger partial charge in [0.15, 0.2) is 12.1 Å². The maximum Gasteiger partial charge on any atom is 0.267 e. The molecule has 0 bridgehead atoms. The number of ether oxygens (including phenoxy) is 3. The van der Waals surface area contributed by atoms with Gasteiger partial charge < -0.3 is 19.3 Å². The number of hydrogen-bond acceptors (Lipinski definition) is 6. The first-order valence-electron chi connectivity index (χ1n) is 4.82. The first kappa shape index (κ1) is 12.2. The molecule has 8 heteroatoms. The van der Waals surface area contributed by atoms with Gasteiger partial charge in [-0.25, -0.2) is 0 Å². The van der Waals surface area contributed by atoms with Gasteiger partial charge >= 0.3 is 0 Å². The summed E-state index contributed by atoms with van der Waals surface area (Å²) in [6.45, 7) is 3.33. The van der Waals surface area contributed by atoms with Gasteiger partial charge in [-0.15, -0.1) is 0 Å². The van der Waals surface area contributed by atoms with Crippen molar-refractivity contribution < 1.29 is 32.3 Å². The van der Waals surface area contributed by atoms with Crippen LogP contribution in [-0.4, -0.2) is 54.2 Å². The van der Waals surface area contributed by atoms with Crippen molar-refractivity contribution in [1.82, 2.24) is 0 Å². The molecular formula is C8H14O7S. The highest BCUT2D eigenvalue weighted by molar-refractivity contribution is 7.85. The van der Waals surface area contributed by atoms with Crippen molar-refractivity contribution >= 4 is 10.1 Å². The van der Waals surface area contributed by atoms with Crippen LogP contribution in [0.2, 0.25) is 0 Å². The molecular weight excluding hydrogens is 240 g/mol. The molecule has 0 saturated carbocycles. The number of hydrogen-bond donors (Lipinski definition) is 2. The maximum absolute atomic E-state index is 10.7. The third-order valence-corrected chi connectivity index (χ3v) is 3.24. The van der Waals surface area contributed by atoms with Gasteiger partial charge in [0.05, 0.1) is 0 Å². The van der Waals surface area contributed by atoms with Gasteiger partial charge in [-0.1, -0.05) is 0 Å². The average Bonchev–Trinajstić information content (AvgIpc) is 2.46. The summed E-state index contributed by atoms with van der Waals surface area (Å²) in [5, 5.41) is 9.75. The van der Waals surface area contributed by atoms with E-state index < -0.39 is 46.3 Å². The summed E-state index contributed by atoms with van der Waals surface area (Å²) in [4.78, 5) is 0. The molecule has 16 heavy (non-hydrogen) atoms. The summed E-state index contributed by atoms with van der Waals surface area (Å²) in [6.07, 6.45) is -3.67. The molecule has 0 aliphatic carbocycles. The topological polar surface area (TPSA) is 102 Å².